The maximum absolute atomic E-state index is 5.81. The summed E-state index contributed by atoms with van der Waals surface area (Å²) in [5.74, 6) is 2.00. The van der Waals surface area contributed by atoms with E-state index in [9.17, 15) is 0 Å². The Morgan fingerprint density at radius 1 is 1.17 bits per heavy atom. The second-order valence-corrected chi connectivity index (χ2v) is 4.36. The van der Waals surface area contributed by atoms with E-state index < -0.39 is 0 Å². The maximum Gasteiger partial charge on any atom is 0.165 e. The average Bonchev–Trinajstić information content (AvgIpc) is 2.61. The molecule has 5 heteroatoms. The second kappa shape index (κ2) is 5.00. The lowest BCUT2D eigenvalue weighted by molar-refractivity contribution is 0.242. The largest absolute Gasteiger partial charge is 0.491 e. The van der Waals surface area contributed by atoms with Crippen LogP contribution in [0.5, 0.6) is 17.2 Å². The molecule has 1 heterocycles. The van der Waals surface area contributed by atoms with E-state index in [4.69, 9.17) is 15.2 Å². The number of nitrogens with two attached hydrogens (primary N) is 1. The third kappa shape index (κ3) is 3.16. The van der Waals surface area contributed by atoms with Crippen LogP contribution < -0.4 is 15.2 Å². The highest BCUT2D eigenvalue weighted by molar-refractivity contribution is 5.51. The van der Waals surface area contributed by atoms with E-state index in [0.29, 0.717) is 22.9 Å². The Labute approximate surface area is 106 Å². The van der Waals surface area contributed by atoms with Gasteiger partial charge in [-0.2, -0.15) is 5.10 Å². The predicted octanol–water partition coefficient (Wildman–Crippen LogP) is 2.58. The molecule has 2 rings (SSSR count). The summed E-state index contributed by atoms with van der Waals surface area (Å²) in [5.41, 5.74) is 6.42. The minimum absolute atomic E-state index is 0.0954. The van der Waals surface area contributed by atoms with E-state index in [1.165, 1.54) is 0 Å². The number of ether oxygens (including phenoxy) is 2. The summed E-state index contributed by atoms with van der Waals surface area (Å²) >= 11 is 0. The molecule has 96 valence electrons. The third-order valence-corrected chi connectivity index (χ3v) is 2.19. The number of anilines is 1. The van der Waals surface area contributed by atoms with Crippen molar-refractivity contribution < 1.29 is 9.47 Å². The molecule has 0 radical (unpaired) electrons. The fourth-order valence-electron chi connectivity index (χ4n) is 1.58. The monoisotopic (exact) mass is 247 g/mol. The number of aromatic nitrogens is 2. The van der Waals surface area contributed by atoms with Crippen LogP contribution in [0.4, 0.5) is 5.69 Å². The van der Waals surface area contributed by atoms with Gasteiger partial charge in [-0.1, -0.05) is 0 Å². The molecule has 0 aliphatic rings. The van der Waals surface area contributed by atoms with Crippen LogP contribution in [0, 0.1) is 0 Å². The van der Waals surface area contributed by atoms with Gasteiger partial charge in [-0.05, 0) is 13.8 Å². The number of benzene rings is 1. The molecule has 0 spiro atoms. The van der Waals surface area contributed by atoms with Crippen LogP contribution >= 0.6 is 0 Å². The van der Waals surface area contributed by atoms with Gasteiger partial charge in [-0.15, -0.1) is 0 Å². The fourth-order valence-corrected chi connectivity index (χ4v) is 1.58. The van der Waals surface area contributed by atoms with Gasteiger partial charge in [0.2, 0.25) is 0 Å². The highest BCUT2D eigenvalue weighted by Gasteiger charge is 2.05. The Hall–Kier alpha value is -2.17. The van der Waals surface area contributed by atoms with Gasteiger partial charge in [0.25, 0.3) is 0 Å². The van der Waals surface area contributed by atoms with Crippen LogP contribution in [0.1, 0.15) is 13.8 Å². The molecule has 2 N–H and O–H groups in total. The van der Waals surface area contributed by atoms with E-state index in [1.54, 1.807) is 29.2 Å². The van der Waals surface area contributed by atoms with Gasteiger partial charge < -0.3 is 15.2 Å². The van der Waals surface area contributed by atoms with Gasteiger partial charge in [0.05, 0.1) is 18.5 Å². The SMILES string of the molecule is CC(C)Oc1cc(N)cc(Oc2cnn(C)c2)c1. The molecule has 18 heavy (non-hydrogen) atoms. The molecule has 1 aromatic heterocycles. The Kier molecular flexibility index (Phi) is 3.41. The number of hydrogen-bond acceptors (Lipinski definition) is 4. The van der Waals surface area contributed by atoms with Crippen LogP contribution in [-0.2, 0) is 7.05 Å². The van der Waals surface area contributed by atoms with Crippen molar-refractivity contribution in [3.63, 3.8) is 0 Å². The average molecular weight is 247 g/mol. The summed E-state index contributed by atoms with van der Waals surface area (Å²) in [5, 5.41) is 4.04. The van der Waals surface area contributed by atoms with E-state index in [2.05, 4.69) is 5.10 Å². The van der Waals surface area contributed by atoms with E-state index in [1.807, 2.05) is 27.0 Å². The Bertz CT molecular complexity index is 535. The quantitative estimate of drug-likeness (QED) is 0.843. The molecule has 5 nitrogen and oxygen atoms in total. The van der Waals surface area contributed by atoms with Crippen LogP contribution in [0.15, 0.2) is 30.6 Å². The first-order valence-electron chi connectivity index (χ1n) is 5.76. The highest BCUT2D eigenvalue weighted by atomic mass is 16.5. The van der Waals surface area contributed by atoms with Crippen molar-refractivity contribution >= 4 is 5.69 Å². The molecule has 0 aliphatic heterocycles. The molecule has 0 saturated heterocycles. The molecule has 1 aromatic carbocycles. The van der Waals surface area contributed by atoms with Crippen molar-refractivity contribution in [2.45, 2.75) is 20.0 Å². The molecular formula is C13H17N3O2. The Morgan fingerprint density at radius 2 is 1.89 bits per heavy atom. The van der Waals surface area contributed by atoms with Crippen molar-refractivity contribution in [3.8, 4) is 17.2 Å². The van der Waals surface area contributed by atoms with Gasteiger partial charge in [-0.25, -0.2) is 0 Å². The predicted molar refractivity (Wildman–Crippen MR) is 69.9 cm³/mol. The first kappa shape index (κ1) is 12.3. The summed E-state index contributed by atoms with van der Waals surface area (Å²) in [6, 6.07) is 5.33. The van der Waals surface area contributed by atoms with Crippen molar-refractivity contribution in [3.05, 3.63) is 30.6 Å². The molecular weight excluding hydrogens is 230 g/mol. The van der Waals surface area contributed by atoms with Gasteiger partial charge >= 0.3 is 0 Å². The molecule has 0 saturated carbocycles. The zero-order chi connectivity index (χ0) is 13.1. The standard InChI is InChI=1S/C13H17N3O2/c1-9(2)17-11-4-10(14)5-12(6-11)18-13-7-15-16(3)8-13/h4-9H,14H2,1-3H3. The fraction of sp³-hybridized carbons (Fsp3) is 0.308. The minimum Gasteiger partial charge on any atom is -0.491 e. The van der Waals surface area contributed by atoms with Crippen LogP contribution in [0.25, 0.3) is 0 Å². The zero-order valence-corrected chi connectivity index (χ0v) is 10.8. The molecule has 0 fully saturated rings. The van der Waals surface area contributed by atoms with Gasteiger partial charge in [0, 0.05) is 30.9 Å². The van der Waals surface area contributed by atoms with Crippen molar-refractivity contribution in [2.75, 3.05) is 5.73 Å². The summed E-state index contributed by atoms with van der Waals surface area (Å²) < 4.78 is 12.9. The Morgan fingerprint density at radius 3 is 2.50 bits per heavy atom. The third-order valence-electron chi connectivity index (χ3n) is 2.19. The van der Waals surface area contributed by atoms with E-state index >= 15 is 0 Å². The van der Waals surface area contributed by atoms with Gasteiger partial charge in [-0.3, -0.25) is 4.68 Å². The smallest absolute Gasteiger partial charge is 0.165 e. The summed E-state index contributed by atoms with van der Waals surface area (Å²) in [7, 11) is 1.83. The molecule has 0 atom stereocenters. The van der Waals surface area contributed by atoms with Gasteiger partial charge in [0.15, 0.2) is 5.75 Å². The minimum atomic E-state index is 0.0954. The number of rotatable bonds is 4. The summed E-state index contributed by atoms with van der Waals surface area (Å²) in [6.07, 6.45) is 3.52. The number of hydrogen-bond donors (Lipinski definition) is 1. The van der Waals surface area contributed by atoms with E-state index in [-0.39, 0.29) is 6.10 Å². The first-order valence-corrected chi connectivity index (χ1v) is 5.76. The molecule has 0 aliphatic carbocycles. The number of nitrogens with zero attached hydrogens (tertiary/aromatic N) is 2. The molecule has 0 amide bonds. The maximum atomic E-state index is 5.81. The zero-order valence-electron chi connectivity index (χ0n) is 10.8. The highest BCUT2D eigenvalue weighted by Crippen LogP contribution is 2.28. The molecule has 2 aromatic rings. The van der Waals surface area contributed by atoms with Crippen LogP contribution in [0.2, 0.25) is 0 Å². The lowest BCUT2D eigenvalue weighted by atomic mass is 10.3. The summed E-state index contributed by atoms with van der Waals surface area (Å²) in [4.78, 5) is 0. The van der Waals surface area contributed by atoms with Crippen LogP contribution in [0.3, 0.4) is 0 Å². The second-order valence-electron chi connectivity index (χ2n) is 4.36. The van der Waals surface area contributed by atoms with Gasteiger partial charge in [0.1, 0.15) is 11.5 Å². The van der Waals surface area contributed by atoms with Crippen molar-refractivity contribution in [2.24, 2.45) is 7.05 Å². The Balaban J connectivity index is 2.19. The first-order chi connectivity index (χ1) is 8.52. The normalized spacial score (nSPS) is 10.7. The molecule has 0 bridgehead atoms. The lowest BCUT2D eigenvalue weighted by Crippen LogP contribution is -2.05. The summed E-state index contributed by atoms with van der Waals surface area (Å²) in [6.45, 7) is 3.93. The topological polar surface area (TPSA) is 62.3 Å². The molecule has 0 unspecified atom stereocenters. The number of nitrogen functional groups attached to an aromatic ring is 1. The van der Waals surface area contributed by atoms with E-state index in [0.717, 1.165) is 0 Å². The lowest BCUT2D eigenvalue weighted by Gasteiger charge is -2.12. The van der Waals surface area contributed by atoms with Crippen molar-refractivity contribution in [1.29, 1.82) is 0 Å². The number of aryl methyl sites for hydroxylation is 1. The van der Waals surface area contributed by atoms with Crippen molar-refractivity contribution in [1.82, 2.24) is 9.78 Å². The van der Waals surface area contributed by atoms with Crippen LogP contribution in [-0.4, -0.2) is 15.9 Å².